The highest BCUT2D eigenvalue weighted by Gasteiger charge is 2.46. The van der Waals surface area contributed by atoms with E-state index >= 15 is 0 Å². The van der Waals surface area contributed by atoms with Crippen LogP contribution in [-0.2, 0) is 12.0 Å². The van der Waals surface area contributed by atoms with Gasteiger partial charge in [0, 0.05) is 23.7 Å². The van der Waals surface area contributed by atoms with Gasteiger partial charge in [-0.3, -0.25) is 16.0 Å². The first-order valence-electron chi connectivity index (χ1n) is 7.34. The molecular formula is C16H22N4. The molecule has 1 unspecified atom stereocenters. The van der Waals surface area contributed by atoms with E-state index in [0.29, 0.717) is 0 Å². The number of aromatic nitrogens is 2. The third-order valence-corrected chi connectivity index (χ3v) is 4.62. The highest BCUT2D eigenvalue weighted by molar-refractivity contribution is 5.34. The number of hydrazine groups is 1. The lowest BCUT2D eigenvalue weighted by Crippen LogP contribution is -2.48. The van der Waals surface area contributed by atoms with E-state index in [-0.39, 0.29) is 11.5 Å². The summed E-state index contributed by atoms with van der Waals surface area (Å²) in [6, 6.07) is 10.8. The average molecular weight is 270 g/mol. The fourth-order valence-electron chi connectivity index (χ4n) is 3.35. The number of hydrogen-bond acceptors (Lipinski definition) is 3. The molecule has 2 aromatic rings. The normalized spacial score (nSPS) is 18.5. The summed E-state index contributed by atoms with van der Waals surface area (Å²) in [5, 5.41) is 4.39. The van der Waals surface area contributed by atoms with E-state index in [1.165, 1.54) is 30.4 Å². The molecule has 1 aromatic carbocycles. The van der Waals surface area contributed by atoms with Crippen LogP contribution in [0.25, 0.3) is 0 Å². The van der Waals surface area contributed by atoms with Crippen molar-refractivity contribution >= 4 is 0 Å². The second-order valence-electron chi connectivity index (χ2n) is 5.60. The Labute approximate surface area is 120 Å². The minimum absolute atomic E-state index is 0.109. The Morgan fingerprint density at radius 3 is 2.60 bits per heavy atom. The molecule has 4 heteroatoms. The first kappa shape index (κ1) is 13.3. The molecule has 1 aliphatic rings. The van der Waals surface area contributed by atoms with Gasteiger partial charge in [0.25, 0.3) is 0 Å². The smallest absolute Gasteiger partial charge is 0.0587 e. The van der Waals surface area contributed by atoms with Gasteiger partial charge < -0.3 is 0 Å². The largest absolute Gasteiger partial charge is 0.273 e. The third-order valence-electron chi connectivity index (χ3n) is 4.62. The van der Waals surface area contributed by atoms with Crippen LogP contribution in [-0.4, -0.2) is 9.78 Å². The number of nitrogens with one attached hydrogen (secondary N) is 1. The van der Waals surface area contributed by atoms with Crippen molar-refractivity contribution in [3.63, 3.8) is 0 Å². The fraction of sp³-hybridized carbons (Fsp3) is 0.438. The summed E-state index contributed by atoms with van der Waals surface area (Å²) >= 11 is 0. The van der Waals surface area contributed by atoms with Crippen LogP contribution in [0.5, 0.6) is 0 Å². The Bertz CT molecular complexity index is 557. The van der Waals surface area contributed by atoms with Gasteiger partial charge >= 0.3 is 0 Å². The van der Waals surface area contributed by atoms with Gasteiger partial charge in [-0.05, 0) is 25.3 Å². The zero-order chi connectivity index (χ0) is 14.0. The molecule has 1 aliphatic carbocycles. The van der Waals surface area contributed by atoms with Crippen LogP contribution in [0.4, 0.5) is 0 Å². The molecule has 0 bridgehead atoms. The minimum atomic E-state index is 0.109. The molecule has 1 saturated carbocycles. The maximum absolute atomic E-state index is 5.90. The average Bonchev–Trinajstić information content (AvgIpc) is 2.92. The van der Waals surface area contributed by atoms with Gasteiger partial charge in [0.1, 0.15) is 0 Å². The SMILES string of the molecule is CCn1cc(C(NN)C2(c3ccccc3)CCC2)cn1. The second kappa shape index (κ2) is 5.38. The van der Waals surface area contributed by atoms with Crippen molar-refractivity contribution in [3.05, 3.63) is 53.9 Å². The first-order chi connectivity index (χ1) is 9.80. The summed E-state index contributed by atoms with van der Waals surface area (Å²) in [7, 11) is 0. The Morgan fingerprint density at radius 1 is 1.35 bits per heavy atom. The number of aryl methyl sites for hydroxylation is 1. The van der Waals surface area contributed by atoms with Crippen LogP contribution in [0.2, 0.25) is 0 Å². The quantitative estimate of drug-likeness (QED) is 0.648. The van der Waals surface area contributed by atoms with E-state index in [4.69, 9.17) is 5.84 Å². The minimum Gasteiger partial charge on any atom is -0.273 e. The van der Waals surface area contributed by atoms with Gasteiger partial charge in [0.05, 0.1) is 12.2 Å². The van der Waals surface area contributed by atoms with Gasteiger partial charge in [-0.1, -0.05) is 36.8 Å². The number of nitrogens with zero attached hydrogens (tertiary/aromatic N) is 2. The van der Waals surface area contributed by atoms with E-state index in [2.05, 4.69) is 54.0 Å². The molecule has 0 amide bonds. The molecule has 0 spiro atoms. The van der Waals surface area contributed by atoms with Crippen LogP contribution in [0.1, 0.15) is 43.4 Å². The monoisotopic (exact) mass is 270 g/mol. The van der Waals surface area contributed by atoms with Crippen molar-refractivity contribution in [1.82, 2.24) is 15.2 Å². The molecule has 1 atom stereocenters. The lowest BCUT2D eigenvalue weighted by atomic mass is 9.59. The predicted molar refractivity (Wildman–Crippen MR) is 79.9 cm³/mol. The Kier molecular flexibility index (Phi) is 3.59. The van der Waals surface area contributed by atoms with Gasteiger partial charge in [0.2, 0.25) is 0 Å². The lowest BCUT2D eigenvalue weighted by molar-refractivity contribution is 0.170. The number of benzene rings is 1. The zero-order valence-electron chi connectivity index (χ0n) is 11.9. The summed E-state index contributed by atoms with van der Waals surface area (Å²) in [6.07, 6.45) is 7.64. The lowest BCUT2D eigenvalue weighted by Gasteiger charge is -2.48. The molecule has 3 N–H and O–H groups in total. The van der Waals surface area contributed by atoms with Crippen LogP contribution in [0.15, 0.2) is 42.7 Å². The highest BCUT2D eigenvalue weighted by Crippen LogP contribution is 2.51. The molecular weight excluding hydrogens is 248 g/mol. The molecule has 20 heavy (non-hydrogen) atoms. The van der Waals surface area contributed by atoms with Crippen molar-refractivity contribution in [2.24, 2.45) is 5.84 Å². The molecule has 1 aromatic heterocycles. The second-order valence-corrected chi connectivity index (χ2v) is 5.60. The van der Waals surface area contributed by atoms with Crippen LogP contribution >= 0.6 is 0 Å². The van der Waals surface area contributed by atoms with E-state index in [1.807, 2.05) is 10.9 Å². The van der Waals surface area contributed by atoms with Crippen LogP contribution in [0.3, 0.4) is 0 Å². The number of rotatable bonds is 5. The molecule has 1 fully saturated rings. The molecule has 0 saturated heterocycles. The maximum Gasteiger partial charge on any atom is 0.0587 e. The van der Waals surface area contributed by atoms with E-state index in [0.717, 1.165) is 6.54 Å². The summed E-state index contributed by atoms with van der Waals surface area (Å²) in [5.41, 5.74) is 5.70. The standard InChI is InChI=1S/C16H22N4/c1-2-20-12-13(11-18-20)15(19-17)16(9-6-10-16)14-7-4-3-5-8-14/h3-5,7-8,11-12,15,19H,2,6,9-10,17H2,1H3. The zero-order valence-corrected chi connectivity index (χ0v) is 11.9. The van der Waals surface area contributed by atoms with Crippen molar-refractivity contribution in [1.29, 1.82) is 0 Å². The van der Waals surface area contributed by atoms with E-state index in [9.17, 15) is 0 Å². The highest BCUT2D eigenvalue weighted by atomic mass is 15.3. The van der Waals surface area contributed by atoms with E-state index in [1.54, 1.807) is 0 Å². The van der Waals surface area contributed by atoms with Gasteiger partial charge in [0.15, 0.2) is 0 Å². The van der Waals surface area contributed by atoms with Crippen molar-refractivity contribution in [2.45, 2.75) is 44.2 Å². The molecule has 0 aliphatic heterocycles. The summed E-state index contributed by atoms with van der Waals surface area (Å²) in [6.45, 7) is 2.98. The van der Waals surface area contributed by atoms with Crippen LogP contribution < -0.4 is 11.3 Å². The molecule has 0 radical (unpaired) electrons. The summed E-state index contributed by atoms with van der Waals surface area (Å²) in [5.74, 6) is 5.90. The van der Waals surface area contributed by atoms with Gasteiger partial charge in [-0.2, -0.15) is 5.10 Å². The number of hydrogen-bond donors (Lipinski definition) is 2. The maximum atomic E-state index is 5.90. The molecule has 106 valence electrons. The van der Waals surface area contributed by atoms with E-state index < -0.39 is 0 Å². The van der Waals surface area contributed by atoms with Gasteiger partial charge in [-0.15, -0.1) is 0 Å². The molecule has 1 heterocycles. The Morgan fingerprint density at radius 2 is 2.10 bits per heavy atom. The Hall–Kier alpha value is -1.65. The van der Waals surface area contributed by atoms with Gasteiger partial charge in [-0.25, -0.2) is 0 Å². The topological polar surface area (TPSA) is 55.9 Å². The van der Waals surface area contributed by atoms with Crippen molar-refractivity contribution in [3.8, 4) is 0 Å². The van der Waals surface area contributed by atoms with Crippen molar-refractivity contribution < 1.29 is 0 Å². The summed E-state index contributed by atoms with van der Waals surface area (Å²) in [4.78, 5) is 0. The molecule has 3 rings (SSSR count). The third kappa shape index (κ3) is 2.05. The predicted octanol–water partition coefficient (Wildman–Crippen LogP) is 2.53. The van der Waals surface area contributed by atoms with Crippen LogP contribution in [0, 0.1) is 0 Å². The molecule has 4 nitrogen and oxygen atoms in total. The fourth-order valence-corrected chi connectivity index (χ4v) is 3.35. The Balaban J connectivity index is 1.98. The summed E-state index contributed by atoms with van der Waals surface area (Å²) < 4.78 is 1.96. The first-order valence-corrected chi connectivity index (χ1v) is 7.34. The van der Waals surface area contributed by atoms with Crippen molar-refractivity contribution in [2.75, 3.05) is 0 Å². The number of nitrogens with two attached hydrogens (primary N) is 1.